The molecule has 0 saturated heterocycles. The average Bonchev–Trinajstić information content (AvgIpc) is 2.18. The zero-order valence-electron chi connectivity index (χ0n) is 9.11. The van der Waals surface area contributed by atoms with Crippen molar-refractivity contribution in [2.75, 3.05) is 5.73 Å². The summed E-state index contributed by atoms with van der Waals surface area (Å²) >= 11 is 1.13. The molecule has 1 aromatic rings. The summed E-state index contributed by atoms with van der Waals surface area (Å²) in [4.78, 5) is 11.5. The van der Waals surface area contributed by atoms with Crippen LogP contribution in [0.15, 0.2) is 23.1 Å². The maximum Gasteiger partial charge on any atom is 0.317 e. The smallest absolute Gasteiger partial charge is 0.317 e. The molecule has 1 atom stereocenters. The highest BCUT2D eigenvalue weighted by atomic mass is 32.2. The third-order valence-electron chi connectivity index (χ3n) is 2.08. The molecule has 0 heterocycles. The van der Waals surface area contributed by atoms with Crippen LogP contribution in [0.3, 0.4) is 0 Å². The van der Waals surface area contributed by atoms with Gasteiger partial charge in [0.05, 0.1) is 5.69 Å². The lowest BCUT2D eigenvalue weighted by Gasteiger charge is -2.15. The van der Waals surface area contributed by atoms with Gasteiger partial charge >= 0.3 is 5.97 Å². The van der Waals surface area contributed by atoms with Crippen molar-refractivity contribution in [1.82, 2.24) is 0 Å². The number of halogens is 1. The zero-order chi connectivity index (χ0) is 12.3. The molecule has 0 aliphatic carbocycles. The van der Waals surface area contributed by atoms with E-state index in [1.54, 1.807) is 6.07 Å². The van der Waals surface area contributed by atoms with Crippen LogP contribution in [-0.2, 0) is 4.79 Å². The number of hydrogen-bond acceptors (Lipinski definition) is 3. The Hall–Kier alpha value is -1.23. The lowest BCUT2D eigenvalue weighted by molar-refractivity contribution is -0.137. The minimum atomic E-state index is -0.891. The summed E-state index contributed by atoms with van der Waals surface area (Å²) in [6.07, 6.45) is 0. The van der Waals surface area contributed by atoms with E-state index in [0.717, 1.165) is 11.8 Å². The van der Waals surface area contributed by atoms with Gasteiger partial charge in [0.2, 0.25) is 0 Å². The third kappa shape index (κ3) is 3.13. The number of benzene rings is 1. The number of aliphatic carboxylic acids is 1. The number of thioether (sulfide) groups is 1. The van der Waals surface area contributed by atoms with Crippen LogP contribution in [0.2, 0.25) is 0 Å². The van der Waals surface area contributed by atoms with E-state index in [-0.39, 0.29) is 11.6 Å². The Bertz CT molecular complexity index is 396. The summed E-state index contributed by atoms with van der Waals surface area (Å²) < 4.78 is 13.1. The van der Waals surface area contributed by atoms with E-state index < -0.39 is 17.0 Å². The topological polar surface area (TPSA) is 63.3 Å². The van der Waals surface area contributed by atoms with Gasteiger partial charge in [-0.15, -0.1) is 11.8 Å². The number of carbonyl (C=O) groups is 1. The molecule has 5 heteroatoms. The van der Waals surface area contributed by atoms with Crippen LogP contribution in [-0.4, -0.2) is 16.3 Å². The molecule has 16 heavy (non-hydrogen) atoms. The molecular formula is C11H14FNO2S. The molecule has 1 aromatic carbocycles. The molecule has 1 rings (SSSR count). The Morgan fingerprint density at radius 2 is 2.12 bits per heavy atom. The Labute approximate surface area is 97.8 Å². The van der Waals surface area contributed by atoms with Crippen molar-refractivity contribution in [2.45, 2.75) is 24.0 Å². The van der Waals surface area contributed by atoms with Crippen molar-refractivity contribution in [3.8, 4) is 0 Å². The highest BCUT2D eigenvalue weighted by molar-refractivity contribution is 8.00. The van der Waals surface area contributed by atoms with Crippen molar-refractivity contribution < 1.29 is 14.3 Å². The van der Waals surface area contributed by atoms with E-state index >= 15 is 0 Å². The summed E-state index contributed by atoms with van der Waals surface area (Å²) in [6.45, 7) is 3.64. The highest BCUT2D eigenvalue weighted by Gasteiger charge is 2.22. The van der Waals surface area contributed by atoms with Crippen molar-refractivity contribution >= 4 is 23.4 Å². The maximum absolute atomic E-state index is 13.1. The first-order chi connectivity index (χ1) is 7.41. The van der Waals surface area contributed by atoms with Gasteiger partial charge in [-0.3, -0.25) is 4.79 Å². The molecule has 0 saturated carbocycles. The maximum atomic E-state index is 13.1. The summed E-state index contributed by atoms with van der Waals surface area (Å²) in [6, 6.07) is 4.33. The number of nitrogens with two attached hydrogens (primary N) is 1. The Kier molecular flexibility index (Phi) is 4.18. The fraction of sp³-hybridized carbons (Fsp3) is 0.364. The lowest BCUT2D eigenvalue weighted by Crippen LogP contribution is -2.22. The quantitative estimate of drug-likeness (QED) is 0.630. The largest absolute Gasteiger partial charge is 0.480 e. The lowest BCUT2D eigenvalue weighted by atomic mass is 10.1. The summed E-state index contributed by atoms with van der Waals surface area (Å²) in [5.74, 6) is -1.43. The van der Waals surface area contributed by atoms with Crippen LogP contribution in [0.5, 0.6) is 0 Å². The van der Waals surface area contributed by atoms with Gasteiger partial charge in [0.1, 0.15) is 11.1 Å². The van der Waals surface area contributed by atoms with Crippen LogP contribution in [0.1, 0.15) is 13.8 Å². The van der Waals surface area contributed by atoms with E-state index in [2.05, 4.69) is 0 Å². The van der Waals surface area contributed by atoms with Gasteiger partial charge in [-0.05, 0) is 24.1 Å². The van der Waals surface area contributed by atoms with Crippen molar-refractivity contribution in [2.24, 2.45) is 5.92 Å². The van der Waals surface area contributed by atoms with Gasteiger partial charge < -0.3 is 10.8 Å². The molecule has 0 bridgehead atoms. The summed E-state index contributed by atoms with van der Waals surface area (Å²) in [5, 5.41) is 8.41. The number of carboxylic acids is 1. The third-order valence-corrected chi connectivity index (χ3v) is 3.61. The summed E-state index contributed by atoms with van der Waals surface area (Å²) in [7, 11) is 0. The van der Waals surface area contributed by atoms with Gasteiger partial charge in [-0.25, -0.2) is 4.39 Å². The molecule has 1 unspecified atom stereocenters. The molecule has 0 aromatic heterocycles. The molecular weight excluding hydrogens is 229 g/mol. The van der Waals surface area contributed by atoms with Gasteiger partial charge in [-0.2, -0.15) is 0 Å². The molecule has 0 spiro atoms. The van der Waals surface area contributed by atoms with Gasteiger partial charge in [-0.1, -0.05) is 13.8 Å². The van der Waals surface area contributed by atoms with Crippen LogP contribution < -0.4 is 5.73 Å². The SMILES string of the molecule is CC(C)C(Sc1ccc(N)c(F)c1)C(=O)O. The highest BCUT2D eigenvalue weighted by Crippen LogP contribution is 2.29. The number of rotatable bonds is 4. The van der Waals surface area contributed by atoms with Crippen LogP contribution >= 0.6 is 11.8 Å². The first-order valence-electron chi connectivity index (χ1n) is 4.86. The number of carboxylic acid groups (broad SMARTS) is 1. The number of nitrogen functional groups attached to an aromatic ring is 1. The fourth-order valence-corrected chi connectivity index (χ4v) is 2.18. The first-order valence-corrected chi connectivity index (χ1v) is 5.74. The van der Waals surface area contributed by atoms with Crippen molar-refractivity contribution in [1.29, 1.82) is 0 Å². The molecule has 88 valence electrons. The molecule has 3 N–H and O–H groups in total. The Balaban J connectivity index is 2.86. The second-order valence-electron chi connectivity index (χ2n) is 3.80. The predicted molar refractivity (Wildman–Crippen MR) is 62.9 cm³/mol. The average molecular weight is 243 g/mol. The van der Waals surface area contributed by atoms with E-state index in [4.69, 9.17) is 10.8 Å². The second-order valence-corrected chi connectivity index (χ2v) is 5.02. The van der Waals surface area contributed by atoms with E-state index in [9.17, 15) is 9.18 Å². The Morgan fingerprint density at radius 3 is 2.56 bits per heavy atom. The van der Waals surface area contributed by atoms with E-state index in [1.807, 2.05) is 13.8 Å². The molecule has 0 amide bonds. The standard InChI is InChI=1S/C11H14FNO2S/c1-6(2)10(11(14)15)16-7-3-4-9(13)8(12)5-7/h3-6,10H,13H2,1-2H3,(H,14,15). The molecule has 0 fully saturated rings. The Morgan fingerprint density at radius 1 is 1.50 bits per heavy atom. The monoisotopic (exact) mass is 243 g/mol. The summed E-state index contributed by atoms with van der Waals surface area (Å²) in [5.41, 5.74) is 5.41. The van der Waals surface area contributed by atoms with E-state index in [1.165, 1.54) is 12.1 Å². The first kappa shape index (κ1) is 12.8. The van der Waals surface area contributed by atoms with Gasteiger partial charge in [0.25, 0.3) is 0 Å². The van der Waals surface area contributed by atoms with Crippen LogP contribution in [0.4, 0.5) is 10.1 Å². The molecule has 0 aliphatic rings. The van der Waals surface area contributed by atoms with Crippen LogP contribution in [0, 0.1) is 11.7 Å². The molecule has 0 aliphatic heterocycles. The van der Waals surface area contributed by atoms with Crippen molar-refractivity contribution in [3.05, 3.63) is 24.0 Å². The van der Waals surface area contributed by atoms with Gasteiger partial charge in [0, 0.05) is 4.90 Å². The fourth-order valence-electron chi connectivity index (χ4n) is 1.20. The second kappa shape index (κ2) is 5.21. The van der Waals surface area contributed by atoms with Crippen molar-refractivity contribution in [3.63, 3.8) is 0 Å². The van der Waals surface area contributed by atoms with E-state index in [0.29, 0.717) is 4.90 Å². The zero-order valence-corrected chi connectivity index (χ0v) is 9.92. The predicted octanol–water partition coefficient (Wildman–Crippen LogP) is 2.61. The molecule has 3 nitrogen and oxygen atoms in total. The van der Waals surface area contributed by atoms with Crippen LogP contribution in [0.25, 0.3) is 0 Å². The molecule has 0 radical (unpaired) electrons. The minimum Gasteiger partial charge on any atom is -0.480 e. The normalized spacial score (nSPS) is 12.8. The number of hydrogen-bond donors (Lipinski definition) is 2. The minimum absolute atomic E-state index is 0.0249. The van der Waals surface area contributed by atoms with Gasteiger partial charge in [0.15, 0.2) is 0 Å². The number of anilines is 1.